The lowest BCUT2D eigenvalue weighted by atomic mass is 10.1. The normalized spacial score (nSPS) is 10.9. The minimum atomic E-state index is -0.176. The van der Waals surface area contributed by atoms with Crippen molar-refractivity contribution in [3.8, 4) is 5.75 Å². The molecule has 0 unspecified atom stereocenters. The highest BCUT2D eigenvalue weighted by Gasteiger charge is 2.16. The molecule has 0 fully saturated rings. The van der Waals surface area contributed by atoms with E-state index < -0.39 is 0 Å². The third-order valence-corrected chi connectivity index (χ3v) is 6.49. The first-order valence-electron chi connectivity index (χ1n) is 10.9. The first-order chi connectivity index (χ1) is 16.3. The highest BCUT2D eigenvalue weighted by atomic mass is 79.9. The van der Waals surface area contributed by atoms with Crippen molar-refractivity contribution >= 4 is 39.1 Å². The van der Waals surface area contributed by atoms with E-state index in [2.05, 4.69) is 45.4 Å². The lowest BCUT2D eigenvalue weighted by Crippen LogP contribution is -2.13. The summed E-state index contributed by atoms with van der Waals surface area (Å²) in [6.45, 7) is 6.98. The number of nitrogens with zero attached hydrogens (tertiary/aromatic N) is 2. The van der Waals surface area contributed by atoms with Gasteiger partial charge in [0.15, 0.2) is 0 Å². The van der Waals surface area contributed by atoms with Crippen LogP contribution in [0.2, 0.25) is 5.02 Å². The van der Waals surface area contributed by atoms with E-state index >= 15 is 0 Å². The Morgan fingerprint density at radius 3 is 2.50 bits per heavy atom. The molecule has 5 nitrogen and oxygen atoms in total. The first kappa shape index (κ1) is 24.0. The Morgan fingerprint density at radius 1 is 1.06 bits per heavy atom. The predicted molar refractivity (Wildman–Crippen MR) is 140 cm³/mol. The number of nitrogens with one attached hydrogen (secondary N) is 1. The molecule has 34 heavy (non-hydrogen) atoms. The van der Waals surface area contributed by atoms with Crippen LogP contribution in [0.4, 0.5) is 5.69 Å². The number of aryl methyl sites for hydroxylation is 2. The Hall–Kier alpha value is -3.09. The van der Waals surface area contributed by atoms with Gasteiger partial charge in [0.1, 0.15) is 12.4 Å². The first-order valence-corrected chi connectivity index (χ1v) is 12.1. The highest BCUT2D eigenvalue weighted by Crippen LogP contribution is 2.28. The molecular weight excluding hydrogens is 514 g/mol. The molecule has 0 bridgehead atoms. The Balaban J connectivity index is 1.42. The lowest BCUT2D eigenvalue weighted by Gasteiger charge is -2.10. The van der Waals surface area contributed by atoms with Crippen molar-refractivity contribution in [2.75, 3.05) is 5.32 Å². The minimum Gasteiger partial charge on any atom is -0.487 e. The van der Waals surface area contributed by atoms with Crippen molar-refractivity contribution in [2.45, 2.75) is 33.9 Å². The fourth-order valence-electron chi connectivity index (χ4n) is 3.67. The van der Waals surface area contributed by atoms with Crippen molar-refractivity contribution in [3.05, 3.63) is 110 Å². The van der Waals surface area contributed by atoms with E-state index in [9.17, 15) is 4.79 Å². The second-order valence-corrected chi connectivity index (χ2v) is 9.47. The molecular formula is C27H25BrClN3O2. The van der Waals surface area contributed by atoms with Crippen molar-refractivity contribution in [1.29, 1.82) is 0 Å². The van der Waals surface area contributed by atoms with Gasteiger partial charge in [0, 0.05) is 10.0 Å². The molecule has 0 radical (unpaired) electrons. The summed E-state index contributed by atoms with van der Waals surface area (Å²) < 4.78 is 8.63. The van der Waals surface area contributed by atoms with E-state index in [0.29, 0.717) is 29.5 Å². The van der Waals surface area contributed by atoms with Gasteiger partial charge in [-0.2, -0.15) is 5.10 Å². The van der Waals surface area contributed by atoms with Crippen molar-refractivity contribution < 1.29 is 9.53 Å². The van der Waals surface area contributed by atoms with Crippen LogP contribution in [0.5, 0.6) is 5.75 Å². The zero-order chi connectivity index (χ0) is 24.2. The summed E-state index contributed by atoms with van der Waals surface area (Å²) in [5.74, 6) is 0.436. The summed E-state index contributed by atoms with van der Waals surface area (Å²) in [6.07, 6.45) is 0. The Bertz CT molecular complexity index is 1330. The van der Waals surface area contributed by atoms with Crippen LogP contribution in [-0.2, 0) is 13.2 Å². The molecule has 0 spiro atoms. The van der Waals surface area contributed by atoms with Gasteiger partial charge < -0.3 is 10.1 Å². The number of hydrogen-bond acceptors (Lipinski definition) is 3. The number of carbonyl (C=O) groups excluding carboxylic acids is 1. The Labute approximate surface area is 212 Å². The van der Waals surface area contributed by atoms with E-state index in [0.717, 1.165) is 27.1 Å². The van der Waals surface area contributed by atoms with E-state index in [1.165, 1.54) is 11.1 Å². The molecule has 1 aromatic heterocycles. The molecule has 1 N–H and O–H groups in total. The van der Waals surface area contributed by atoms with Crippen LogP contribution in [0.3, 0.4) is 0 Å². The molecule has 0 aliphatic carbocycles. The number of carbonyl (C=O) groups is 1. The maximum Gasteiger partial charge on any atom is 0.255 e. The molecule has 3 aromatic carbocycles. The third kappa shape index (κ3) is 5.51. The number of amides is 1. The average molecular weight is 539 g/mol. The molecule has 0 saturated carbocycles. The van der Waals surface area contributed by atoms with Gasteiger partial charge in [-0.05, 0) is 67.8 Å². The average Bonchev–Trinajstić information content (AvgIpc) is 3.07. The number of benzene rings is 3. The largest absolute Gasteiger partial charge is 0.487 e. The predicted octanol–water partition coefficient (Wildman–Crippen LogP) is 7.10. The van der Waals surface area contributed by atoms with Crippen molar-refractivity contribution in [2.24, 2.45) is 0 Å². The van der Waals surface area contributed by atoms with E-state index in [1.807, 2.05) is 54.9 Å². The monoisotopic (exact) mass is 537 g/mol. The molecule has 4 aromatic rings. The quantitative estimate of drug-likeness (QED) is 0.273. The van der Waals surface area contributed by atoms with Crippen LogP contribution in [0.25, 0.3) is 0 Å². The van der Waals surface area contributed by atoms with E-state index in [1.54, 1.807) is 18.2 Å². The summed E-state index contributed by atoms with van der Waals surface area (Å²) in [5.41, 5.74) is 6.38. The maximum absolute atomic E-state index is 12.9. The van der Waals surface area contributed by atoms with Gasteiger partial charge in [-0.1, -0.05) is 63.9 Å². The number of aromatic nitrogens is 2. The molecule has 7 heteroatoms. The second kappa shape index (κ2) is 10.5. The van der Waals surface area contributed by atoms with E-state index in [4.69, 9.17) is 16.3 Å². The zero-order valence-corrected chi connectivity index (χ0v) is 21.6. The fourth-order valence-corrected chi connectivity index (χ4v) is 4.40. The summed E-state index contributed by atoms with van der Waals surface area (Å²) in [4.78, 5) is 12.9. The molecule has 0 atom stereocenters. The van der Waals surface area contributed by atoms with Gasteiger partial charge in [-0.25, -0.2) is 0 Å². The molecule has 0 saturated heterocycles. The highest BCUT2D eigenvalue weighted by molar-refractivity contribution is 9.10. The second-order valence-electron chi connectivity index (χ2n) is 8.14. The number of rotatable bonds is 7. The van der Waals surface area contributed by atoms with Gasteiger partial charge in [-0.3, -0.25) is 9.48 Å². The van der Waals surface area contributed by atoms with Crippen LogP contribution in [0.1, 0.15) is 38.4 Å². The topological polar surface area (TPSA) is 56.2 Å². The zero-order valence-electron chi connectivity index (χ0n) is 19.2. The van der Waals surface area contributed by atoms with Crippen molar-refractivity contribution in [1.82, 2.24) is 9.78 Å². The molecule has 174 valence electrons. The number of ether oxygens (including phenoxy) is 1. The lowest BCUT2D eigenvalue weighted by molar-refractivity contribution is 0.102. The van der Waals surface area contributed by atoms with Gasteiger partial charge in [0.2, 0.25) is 0 Å². The van der Waals surface area contributed by atoms with Gasteiger partial charge >= 0.3 is 0 Å². The van der Waals surface area contributed by atoms with Gasteiger partial charge in [0.05, 0.1) is 28.6 Å². The summed E-state index contributed by atoms with van der Waals surface area (Å²) >= 11 is 9.59. The number of anilines is 1. The molecule has 0 aliphatic rings. The standard InChI is InChI=1S/C27H25BrClN3O2/c1-17-6-4-5-7-22(17)15-32-19(3)26(18(2)31-32)30-27(33)21-10-8-20(9-11-21)16-34-25-13-12-23(28)14-24(25)29/h4-14H,15-16H2,1-3H3,(H,30,33). The SMILES string of the molecule is Cc1ccccc1Cn1nc(C)c(NC(=O)c2ccc(COc3ccc(Br)cc3Cl)cc2)c1C. The van der Waals surface area contributed by atoms with Gasteiger partial charge in [0.25, 0.3) is 5.91 Å². The third-order valence-electron chi connectivity index (χ3n) is 5.71. The molecule has 1 amide bonds. The molecule has 1 heterocycles. The van der Waals surface area contributed by atoms with Crippen LogP contribution in [-0.4, -0.2) is 15.7 Å². The number of hydrogen-bond donors (Lipinski definition) is 1. The summed E-state index contributed by atoms with van der Waals surface area (Å²) in [5, 5.41) is 8.22. The molecule has 0 aliphatic heterocycles. The van der Waals surface area contributed by atoms with Crippen LogP contribution in [0, 0.1) is 20.8 Å². The summed E-state index contributed by atoms with van der Waals surface area (Å²) in [7, 11) is 0. The maximum atomic E-state index is 12.9. The number of halogens is 2. The Morgan fingerprint density at radius 2 is 1.79 bits per heavy atom. The molecule has 4 rings (SSSR count). The summed E-state index contributed by atoms with van der Waals surface area (Å²) in [6, 6.07) is 21.1. The smallest absolute Gasteiger partial charge is 0.255 e. The fraction of sp³-hybridized carbons (Fsp3) is 0.185. The van der Waals surface area contributed by atoms with Crippen molar-refractivity contribution in [3.63, 3.8) is 0 Å². The minimum absolute atomic E-state index is 0.176. The van der Waals surface area contributed by atoms with Crippen LogP contribution >= 0.6 is 27.5 Å². The Kier molecular flexibility index (Phi) is 7.39. The van der Waals surface area contributed by atoms with Crippen LogP contribution < -0.4 is 10.1 Å². The van der Waals surface area contributed by atoms with Crippen LogP contribution in [0.15, 0.2) is 71.2 Å². The van der Waals surface area contributed by atoms with Gasteiger partial charge in [-0.15, -0.1) is 0 Å². The van der Waals surface area contributed by atoms with E-state index in [-0.39, 0.29) is 5.91 Å².